The van der Waals surface area contributed by atoms with Crippen LogP contribution in [-0.4, -0.2) is 5.78 Å². The molecule has 0 radical (unpaired) electrons. The van der Waals surface area contributed by atoms with Crippen molar-refractivity contribution in [3.63, 3.8) is 0 Å². The van der Waals surface area contributed by atoms with Crippen molar-refractivity contribution in [2.45, 2.75) is 53.4 Å². The largest absolute Gasteiger partial charge is 0.300 e. The lowest BCUT2D eigenvalue weighted by molar-refractivity contribution is -0.117. The molecule has 16 heavy (non-hydrogen) atoms. The zero-order valence-electron chi connectivity index (χ0n) is 11.3. The van der Waals surface area contributed by atoms with Crippen molar-refractivity contribution in [2.75, 3.05) is 0 Å². The number of hydrogen-bond donors (Lipinski definition) is 0. The Morgan fingerprint density at radius 1 is 1.25 bits per heavy atom. The topological polar surface area (TPSA) is 17.1 Å². The van der Waals surface area contributed by atoms with E-state index in [-0.39, 0.29) is 0 Å². The first-order chi connectivity index (χ1) is 7.40. The Morgan fingerprint density at radius 3 is 2.38 bits per heavy atom. The Hall–Kier alpha value is -0.590. The van der Waals surface area contributed by atoms with Crippen LogP contribution >= 0.6 is 0 Å². The number of hydrogen-bond acceptors (Lipinski definition) is 1. The van der Waals surface area contributed by atoms with Crippen LogP contribution in [0.15, 0.2) is 12.2 Å². The molecule has 0 heterocycles. The average molecular weight is 222 g/mol. The van der Waals surface area contributed by atoms with Crippen molar-refractivity contribution in [1.29, 1.82) is 0 Å². The van der Waals surface area contributed by atoms with E-state index >= 15 is 0 Å². The van der Waals surface area contributed by atoms with Crippen LogP contribution in [0.1, 0.15) is 53.4 Å². The van der Waals surface area contributed by atoms with Gasteiger partial charge in [-0.2, -0.15) is 0 Å². The molecular weight excluding hydrogens is 196 g/mol. The number of rotatable bonds is 5. The van der Waals surface area contributed by atoms with Gasteiger partial charge in [0.15, 0.2) is 0 Å². The van der Waals surface area contributed by atoms with Crippen LogP contribution < -0.4 is 0 Å². The highest BCUT2D eigenvalue weighted by Gasteiger charge is 2.34. The minimum atomic E-state index is 0.445. The molecule has 1 heteroatoms. The van der Waals surface area contributed by atoms with Gasteiger partial charge in [0.05, 0.1) is 0 Å². The van der Waals surface area contributed by atoms with E-state index in [1.165, 1.54) is 12.0 Å². The number of allylic oxidation sites excluding steroid dienone is 1. The second-order valence-corrected chi connectivity index (χ2v) is 6.20. The molecule has 0 bridgehead atoms. The predicted molar refractivity (Wildman–Crippen MR) is 69.3 cm³/mol. The normalized spacial score (nSPS) is 25.8. The van der Waals surface area contributed by atoms with E-state index < -0.39 is 0 Å². The summed E-state index contributed by atoms with van der Waals surface area (Å²) in [6.45, 7) is 13.1. The summed E-state index contributed by atoms with van der Waals surface area (Å²) in [5, 5.41) is 0. The van der Waals surface area contributed by atoms with Crippen molar-refractivity contribution >= 4 is 5.78 Å². The van der Waals surface area contributed by atoms with Crippen molar-refractivity contribution in [3.05, 3.63) is 12.2 Å². The van der Waals surface area contributed by atoms with Crippen LogP contribution in [0.5, 0.6) is 0 Å². The van der Waals surface area contributed by atoms with Gasteiger partial charge in [-0.1, -0.05) is 39.8 Å². The molecule has 1 aliphatic rings. The lowest BCUT2D eigenvalue weighted by atomic mass is 9.81. The molecule has 0 aromatic carbocycles. The van der Waals surface area contributed by atoms with E-state index in [0.717, 1.165) is 19.3 Å². The van der Waals surface area contributed by atoms with Gasteiger partial charge in [-0.15, -0.1) is 0 Å². The molecule has 0 saturated heterocycles. The Labute approximate surface area is 100 Å². The zero-order valence-corrected chi connectivity index (χ0v) is 11.3. The Balaban J connectivity index is 2.61. The number of ketones is 1. The second-order valence-electron chi connectivity index (χ2n) is 6.20. The Kier molecular flexibility index (Phi) is 4.76. The summed E-state index contributed by atoms with van der Waals surface area (Å²) in [6.07, 6.45) is 3.79. The minimum absolute atomic E-state index is 0.445. The molecule has 0 aromatic heterocycles. The van der Waals surface area contributed by atoms with Gasteiger partial charge < -0.3 is 0 Å². The highest BCUT2D eigenvalue weighted by atomic mass is 16.1. The molecule has 1 rings (SSSR count). The highest BCUT2D eigenvalue weighted by molar-refractivity contribution is 5.81. The van der Waals surface area contributed by atoms with Crippen molar-refractivity contribution in [2.24, 2.45) is 23.7 Å². The van der Waals surface area contributed by atoms with Crippen LogP contribution in [0.2, 0.25) is 0 Å². The molecule has 0 aliphatic heterocycles. The van der Waals surface area contributed by atoms with Gasteiger partial charge in [-0.05, 0) is 36.5 Å². The summed E-state index contributed by atoms with van der Waals surface area (Å²) in [7, 11) is 0. The summed E-state index contributed by atoms with van der Waals surface area (Å²) in [5.74, 6) is 2.82. The first-order valence-corrected chi connectivity index (χ1v) is 6.59. The fourth-order valence-electron chi connectivity index (χ4n) is 2.94. The molecule has 1 nitrogen and oxygen atoms in total. The highest BCUT2D eigenvalue weighted by Crippen LogP contribution is 2.39. The van der Waals surface area contributed by atoms with Crippen molar-refractivity contribution < 1.29 is 4.79 Å². The number of carbonyl (C=O) groups is 1. The molecule has 0 aromatic rings. The third kappa shape index (κ3) is 3.77. The average Bonchev–Trinajstić information content (AvgIpc) is 2.44. The molecule has 92 valence electrons. The molecule has 1 aliphatic carbocycles. The van der Waals surface area contributed by atoms with Gasteiger partial charge in [-0.3, -0.25) is 4.79 Å². The molecule has 0 amide bonds. The fraction of sp³-hybridized carbons (Fsp3) is 0.800. The molecule has 0 unspecified atom stereocenters. The van der Waals surface area contributed by atoms with Crippen LogP contribution in [0.25, 0.3) is 0 Å². The smallest absolute Gasteiger partial charge is 0.133 e. The maximum absolute atomic E-state index is 11.6. The summed E-state index contributed by atoms with van der Waals surface area (Å²) in [5.41, 5.74) is 1.31. The summed E-state index contributed by atoms with van der Waals surface area (Å²) < 4.78 is 0. The van der Waals surface area contributed by atoms with Crippen molar-refractivity contribution in [3.8, 4) is 0 Å². The first kappa shape index (κ1) is 13.5. The Bertz CT molecular complexity index is 263. The van der Waals surface area contributed by atoms with Gasteiger partial charge in [-0.25, -0.2) is 0 Å². The molecule has 2 atom stereocenters. The van der Waals surface area contributed by atoms with Gasteiger partial charge in [0.1, 0.15) is 5.78 Å². The lowest BCUT2D eigenvalue weighted by Crippen LogP contribution is -2.13. The monoisotopic (exact) mass is 222 g/mol. The first-order valence-electron chi connectivity index (χ1n) is 6.59. The summed E-state index contributed by atoms with van der Waals surface area (Å²) >= 11 is 0. The minimum Gasteiger partial charge on any atom is -0.300 e. The predicted octanol–water partition coefficient (Wildman–Crippen LogP) is 4.23. The SMILES string of the molecule is C=C(CC(C)C)[C@H]1CC(=O)C[C@H]1CC(C)C. The molecule has 1 saturated carbocycles. The summed E-state index contributed by atoms with van der Waals surface area (Å²) in [4.78, 5) is 11.6. The van der Waals surface area contributed by atoms with E-state index in [2.05, 4.69) is 34.3 Å². The quantitative estimate of drug-likeness (QED) is 0.636. The molecular formula is C15H26O. The number of carbonyl (C=O) groups excluding carboxylic acids is 1. The van der Waals surface area contributed by atoms with Gasteiger partial charge >= 0.3 is 0 Å². The third-order valence-electron chi connectivity index (χ3n) is 3.48. The standard InChI is InChI=1S/C15H26O/c1-10(2)6-12(5)15-9-14(16)8-13(15)7-11(3)4/h10-11,13,15H,5-9H2,1-4H3/t13-,15-/m1/s1. The lowest BCUT2D eigenvalue weighted by Gasteiger charge is -2.23. The van der Waals surface area contributed by atoms with E-state index in [0.29, 0.717) is 29.5 Å². The second kappa shape index (κ2) is 5.65. The fourth-order valence-corrected chi connectivity index (χ4v) is 2.94. The van der Waals surface area contributed by atoms with Gasteiger partial charge in [0.2, 0.25) is 0 Å². The van der Waals surface area contributed by atoms with Crippen LogP contribution in [-0.2, 0) is 4.79 Å². The summed E-state index contributed by atoms with van der Waals surface area (Å²) in [6, 6.07) is 0. The zero-order chi connectivity index (χ0) is 12.3. The van der Waals surface area contributed by atoms with E-state index in [1.807, 2.05) is 0 Å². The van der Waals surface area contributed by atoms with Crippen LogP contribution in [0.4, 0.5) is 0 Å². The Morgan fingerprint density at radius 2 is 1.88 bits per heavy atom. The van der Waals surface area contributed by atoms with E-state index in [1.54, 1.807) is 0 Å². The van der Waals surface area contributed by atoms with Crippen LogP contribution in [0, 0.1) is 23.7 Å². The molecule has 0 spiro atoms. The van der Waals surface area contributed by atoms with Gasteiger partial charge in [0, 0.05) is 12.8 Å². The maximum Gasteiger partial charge on any atom is 0.133 e. The number of Topliss-reactive ketones (excluding diaryl/α,β-unsaturated/α-hetero) is 1. The molecule has 1 fully saturated rings. The van der Waals surface area contributed by atoms with Gasteiger partial charge in [0.25, 0.3) is 0 Å². The maximum atomic E-state index is 11.6. The van der Waals surface area contributed by atoms with E-state index in [4.69, 9.17) is 0 Å². The van der Waals surface area contributed by atoms with Crippen LogP contribution in [0.3, 0.4) is 0 Å². The third-order valence-corrected chi connectivity index (χ3v) is 3.48. The van der Waals surface area contributed by atoms with Crippen molar-refractivity contribution in [1.82, 2.24) is 0 Å². The molecule has 0 N–H and O–H groups in total. The van der Waals surface area contributed by atoms with E-state index in [9.17, 15) is 4.79 Å².